The summed E-state index contributed by atoms with van der Waals surface area (Å²) in [6.07, 6.45) is 0.559. The number of benzene rings is 1. The van der Waals surface area contributed by atoms with Gasteiger partial charge in [0.1, 0.15) is 12.4 Å². The first-order chi connectivity index (χ1) is 10.1. The average Bonchev–Trinajstić information content (AvgIpc) is 2.66. The first-order valence-electron chi connectivity index (χ1n) is 7.01. The number of hydrogen-bond acceptors (Lipinski definition) is 4. The van der Waals surface area contributed by atoms with Crippen molar-refractivity contribution in [3.8, 4) is 5.75 Å². The number of carbonyl (C=O) groups excluding carboxylic acids is 1. The number of thiocarbonyl (C=S) groups is 1. The molecule has 6 heteroatoms. The zero-order chi connectivity index (χ0) is 15.2. The van der Waals surface area contributed by atoms with Crippen LogP contribution in [0, 0.1) is 0 Å². The van der Waals surface area contributed by atoms with E-state index in [1.165, 1.54) is 0 Å². The third-order valence-corrected chi connectivity index (χ3v) is 3.71. The van der Waals surface area contributed by atoms with E-state index in [2.05, 4.69) is 4.90 Å². The summed E-state index contributed by atoms with van der Waals surface area (Å²) in [7, 11) is 1.78. The molecule has 1 amide bonds. The highest BCUT2D eigenvalue weighted by Gasteiger charge is 2.19. The number of rotatable bonds is 5. The van der Waals surface area contributed by atoms with Crippen molar-refractivity contribution in [2.45, 2.75) is 13.0 Å². The summed E-state index contributed by atoms with van der Waals surface area (Å²) in [5, 5.41) is 0. The molecule has 0 saturated carbocycles. The Kier molecular flexibility index (Phi) is 5.52. The summed E-state index contributed by atoms with van der Waals surface area (Å²) in [4.78, 5) is 16.4. The molecule has 1 aliphatic heterocycles. The fourth-order valence-corrected chi connectivity index (χ4v) is 2.32. The fourth-order valence-electron chi connectivity index (χ4n) is 2.23. The molecule has 0 saturated heterocycles. The second-order valence-electron chi connectivity index (χ2n) is 5.20. The molecule has 2 N–H and O–H groups in total. The Labute approximate surface area is 130 Å². The molecule has 114 valence electrons. The zero-order valence-electron chi connectivity index (χ0n) is 12.2. The maximum Gasteiger partial charge on any atom is 0.236 e. The number of para-hydroxylation sites is 1. The van der Waals surface area contributed by atoms with Crippen molar-refractivity contribution in [3.63, 3.8) is 0 Å². The van der Waals surface area contributed by atoms with Gasteiger partial charge < -0.3 is 15.4 Å². The van der Waals surface area contributed by atoms with Gasteiger partial charge in [0.2, 0.25) is 5.91 Å². The lowest BCUT2D eigenvalue weighted by Gasteiger charge is -2.23. The molecule has 0 spiro atoms. The second-order valence-corrected chi connectivity index (χ2v) is 5.72. The van der Waals surface area contributed by atoms with Crippen LogP contribution >= 0.6 is 12.2 Å². The molecule has 0 aromatic heterocycles. The number of nitrogens with zero attached hydrogens (tertiary/aromatic N) is 2. The van der Waals surface area contributed by atoms with Crippen molar-refractivity contribution in [1.82, 2.24) is 9.80 Å². The minimum Gasteiger partial charge on any atom is -0.492 e. The Hall–Kier alpha value is -1.66. The van der Waals surface area contributed by atoms with E-state index in [0.717, 1.165) is 24.4 Å². The summed E-state index contributed by atoms with van der Waals surface area (Å²) < 4.78 is 5.70. The van der Waals surface area contributed by atoms with Crippen LogP contribution in [0.15, 0.2) is 24.3 Å². The van der Waals surface area contributed by atoms with Crippen molar-refractivity contribution in [2.24, 2.45) is 5.73 Å². The molecule has 0 fully saturated rings. The summed E-state index contributed by atoms with van der Waals surface area (Å²) in [6, 6.07) is 7.95. The molecule has 1 aliphatic rings. The van der Waals surface area contributed by atoms with Gasteiger partial charge in [-0.15, -0.1) is 0 Å². The van der Waals surface area contributed by atoms with E-state index in [1.807, 2.05) is 24.3 Å². The zero-order valence-corrected chi connectivity index (χ0v) is 13.1. The Morgan fingerprint density at radius 1 is 1.48 bits per heavy atom. The van der Waals surface area contributed by atoms with Crippen molar-refractivity contribution in [3.05, 3.63) is 29.8 Å². The van der Waals surface area contributed by atoms with Gasteiger partial charge >= 0.3 is 0 Å². The van der Waals surface area contributed by atoms with Crippen molar-refractivity contribution >= 4 is 23.1 Å². The number of ether oxygens (including phenoxy) is 1. The minimum absolute atomic E-state index is 0.0747. The number of likely N-dealkylation sites (N-methyl/N-ethyl adjacent to an activating group) is 1. The molecular formula is C15H21N3O2S. The van der Waals surface area contributed by atoms with Crippen molar-refractivity contribution in [2.75, 3.05) is 33.3 Å². The Morgan fingerprint density at radius 2 is 2.24 bits per heavy atom. The molecule has 1 aromatic carbocycles. The number of nitrogens with two attached hydrogens (primary N) is 1. The molecule has 0 bridgehead atoms. The minimum atomic E-state index is 0.0747. The molecule has 2 rings (SSSR count). The van der Waals surface area contributed by atoms with Gasteiger partial charge in [-0.2, -0.15) is 0 Å². The maximum absolute atomic E-state index is 12.2. The van der Waals surface area contributed by atoms with Crippen LogP contribution in [0.25, 0.3) is 0 Å². The van der Waals surface area contributed by atoms with Crippen LogP contribution in [0.4, 0.5) is 0 Å². The number of fused-ring (bicyclic) bond motifs is 1. The number of amides is 1. The van der Waals surface area contributed by atoms with E-state index in [-0.39, 0.29) is 5.91 Å². The van der Waals surface area contributed by atoms with Gasteiger partial charge in [-0.25, -0.2) is 0 Å². The van der Waals surface area contributed by atoms with Crippen LogP contribution < -0.4 is 10.5 Å². The molecule has 1 aromatic rings. The van der Waals surface area contributed by atoms with Crippen molar-refractivity contribution < 1.29 is 9.53 Å². The van der Waals surface area contributed by atoms with Gasteiger partial charge in [-0.05, 0) is 6.07 Å². The molecule has 0 unspecified atom stereocenters. The highest BCUT2D eigenvalue weighted by Crippen LogP contribution is 2.22. The summed E-state index contributed by atoms with van der Waals surface area (Å²) >= 11 is 4.84. The molecular weight excluding hydrogens is 286 g/mol. The highest BCUT2D eigenvalue weighted by molar-refractivity contribution is 7.80. The summed E-state index contributed by atoms with van der Waals surface area (Å²) in [5.41, 5.74) is 6.58. The second kappa shape index (κ2) is 7.38. The van der Waals surface area contributed by atoms with Crippen LogP contribution in [0.3, 0.4) is 0 Å². The molecule has 1 heterocycles. The van der Waals surface area contributed by atoms with Crippen LogP contribution in [-0.2, 0) is 11.3 Å². The predicted octanol–water partition coefficient (Wildman–Crippen LogP) is 1.02. The Morgan fingerprint density at radius 3 is 3.00 bits per heavy atom. The summed E-state index contributed by atoms with van der Waals surface area (Å²) in [6.45, 7) is 3.01. The molecule has 0 radical (unpaired) electrons. The van der Waals surface area contributed by atoms with Gasteiger partial charge in [0.05, 0.1) is 11.5 Å². The van der Waals surface area contributed by atoms with Gasteiger partial charge in [0.25, 0.3) is 0 Å². The smallest absolute Gasteiger partial charge is 0.236 e. The topological polar surface area (TPSA) is 58.8 Å². The molecule has 5 nitrogen and oxygen atoms in total. The fraction of sp³-hybridized carbons (Fsp3) is 0.467. The lowest BCUT2D eigenvalue weighted by Crippen LogP contribution is -2.40. The lowest BCUT2D eigenvalue weighted by molar-refractivity contribution is -0.131. The first kappa shape index (κ1) is 15.7. The largest absolute Gasteiger partial charge is 0.492 e. The highest BCUT2D eigenvalue weighted by atomic mass is 32.1. The first-order valence-corrected chi connectivity index (χ1v) is 7.42. The standard InChI is InChI=1S/C15H21N3O2S/c1-17(7-6-14(16)21)15(19)11-18-8-9-20-13-5-3-2-4-12(13)10-18/h2-5H,6-11H2,1H3,(H2,16,21). The predicted molar refractivity (Wildman–Crippen MR) is 86.3 cm³/mol. The average molecular weight is 307 g/mol. The van der Waals surface area contributed by atoms with Gasteiger partial charge in [-0.1, -0.05) is 30.4 Å². The van der Waals surface area contributed by atoms with Gasteiger partial charge in [0.15, 0.2) is 0 Å². The van der Waals surface area contributed by atoms with Crippen LogP contribution in [0.1, 0.15) is 12.0 Å². The normalized spacial score (nSPS) is 14.7. The SMILES string of the molecule is CN(CCC(N)=S)C(=O)CN1CCOc2ccccc2C1. The van der Waals surface area contributed by atoms with E-state index in [4.69, 9.17) is 22.7 Å². The van der Waals surface area contributed by atoms with E-state index >= 15 is 0 Å². The van der Waals surface area contributed by atoms with Crippen LogP contribution in [-0.4, -0.2) is 54.0 Å². The summed E-state index contributed by atoms with van der Waals surface area (Å²) in [5.74, 6) is 0.986. The Balaban J connectivity index is 1.91. The van der Waals surface area contributed by atoms with Crippen molar-refractivity contribution in [1.29, 1.82) is 0 Å². The maximum atomic E-state index is 12.2. The third-order valence-electron chi connectivity index (χ3n) is 3.51. The van der Waals surface area contributed by atoms with Gasteiger partial charge in [-0.3, -0.25) is 9.69 Å². The van der Waals surface area contributed by atoms with E-state index in [0.29, 0.717) is 31.1 Å². The van der Waals surface area contributed by atoms with E-state index < -0.39 is 0 Å². The molecule has 0 aliphatic carbocycles. The molecule has 0 atom stereocenters. The van der Waals surface area contributed by atoms with E-state index in [9.17, 15) is 4.79 Å². The lowest BCUT2D eigenvalue weighted by atomic mass is 10.2. The number of carbonyl (C=O) groups is 1. The Bertz CT molecular complexity index is 521. The quantitative estimate of drug-likeness (QED) is 0.823. The number of hydrogen-bond donors (Lipinski definition) is 1. The van der Waals surface area contributed by atoms with Crippen LogP contribution in [0.5, 0.6) is 5.75 Å². The van der Waals surface area contributed by atoms with Gasteiger partial charge in [0, 0.05) is 38.7 Å². The van der Waals surface area contributed by atoms with Crippen LogP contribution in [0.2, 0.25) is 0 Å². The third kappa shape index (κ3) is 4.68. The van der Waals surface area contributed by atoms with E-state index in [1.54, 1.807) is 11.9 Å². The molecule has 21 heavy (non-hydrogen) atoms. The monoisotopic (exact) mass is 307 g/mol.